The van der Waals surface area contributed by atoms with E-state index in [1.165, 1.54) is 48.2 Å². The number of amides is 2. The average molecular weight is 476 g/mol. The molecule has 35 heavy (non-hydrogen) atoms. The number of fused-ring (bicyclic) bond motifs is 1. The Kier molecular flexibility index (Phi) is 5.96. The van der Waals surface area contributed by atoms with E-state index in [1.807, 2.05) is 6.07 Å². The molecule has 6 rings (SSSR count). The fourth-order valence-electron chi connectivity index (χ4n) is 6.37. The minimum absolute atomic E-state index is 0.284. The van der Waals surface area contributed by atoms with Crippen LogP contribution in [0.4, 0.5) is 20.6 Å². The molecule has 1 saturated carbocycles. The van der Waals surface area contributed by atoms with Gasteiger partial charge in [-0.25, -0.2) is 9.18 Å². The van der Waals surface area contributed by atoms with Crippen LogP contribution in [0.3, 0.4) is 0 Å². The van der Waals surface area contributed by atoms with Crippen molar-refractivity contribution in [3.63, 3.8) is 0 Å². The van der Waals surface area contributed by atoms with Gasteiger partial charge in [0, 0.05) is 43.6 Å². The molecule has 6 nitrogen and oxygen atoms in total. The zero-order valence-electron chi connectivity index (χ0n) is 20.2. The molecule has 0 bridgehead atoms. The van der Waals surface area contributed by atoms with Crippen molar-refractivity contribution in [2.45, 2.75) is 69.5 Å². The van der Waals surface area contributed by atoms with E-state index in [9.17, 15) is 9.18 Å². The highest BCUT2D eigenvalue weighted by molar-refractivity contribution is 6.16. The second-order valence-corrected chi connectivity index (χ2v) is 10.5. The number of carbonyl (C=O) groups excluding carboxylic acids is 1. The topological polar surface area (TPSA) is 60.0 Å². The van der Waals surface area contributed by atoms with Crippen molar-refractivity contribution in [1.82, 2.24) is 10.2 Å². The minimum atomic E-state index is -0.541. The quantitative estimate of drug-likeness (QED) is 0.647. The summed E-state index contributed by atoms with van der Waals surface area (Å²) >= 11 is 0. The predicted octanol–water partition coefficient (Wildman–Crippen LogP) is 5.09. The van der Waals surface area contributed by atoms with Crippen LogP contribution >= 0.6 is 0 Å². The zero-order chi connectivity index (χ0) is 23.8. The van der Waals surface area contributed by atoms with Gasteiger partial charge in [-0.15, -0.1) is 0 Å². The van der Waals surface area contributed by atoms with Gasteiger partial charge in [0.05, 0.1) is 0 Å². The number of anilines is 2. The molecule has 2 aromatic carbocycles. The molecule has 2 fully saturated rings. The van der Waals surface area contributed by atoms with E-state index in [1.54, 1.807) is 11.0 Å². The number of carbonyl (C=O) groups is 1. The summed E-state index contributed by atoms with van der Waals surface area (Å²) in [6.07, 6.45) is 8.57. The van der Waals surface area contributed by atoms with Gasteiger partial charge < -0.3 is 10.6 Å². The Hall–Kier alpha value is -2.93. The van der Waals surface area contributed by atoms with Crippen molar-refractivity contribution in [3.8, 4) is 0 Å². The lowest BCUT2D eigenvalue weighted by molar-refractivity contribution is 0.181. The molecular formula is C28H34FN5O. The number of aliphatic imine (C=N–C) groups is 1. The number of likely N-dealkylation sites (tertiary alicyclic amines) is 1. The number of amidine groups is 1. The summed E-state index contributed by atoms with van der Waals surface area (Å²) in [4.78, 5) is 22.0. The highest BCUT2D eigenvalue weighted by Gasteiger charge is 2.52. The van der Waals surface area contributed by atoms with Crippen molar-refractivity contribution in [3.05, 3.63) is 59.4 Å². The summed E-state index contributed by atoms with van der Waals surface area (Å²) in [7, 11) is 0. The van der Waals surface area contributed by atoms with Crippen LogP contribution in [0.15, 0.2) is 47.5 Å². The fraction of sp³-hybridized carbons (Fsp3) is 0.500. The van der Waals surface area contributed by atoms with Crippen molar-refractivity contribution in [2.24, 2.45) is 4.99 Å². The van der Waals surface area contributed by atoms with E-state index in [0.29, 0.717) is 11.7 Å². The number of halogens is 1. The maximum absolute atomic E-state index is 14.2. The number of hydrogen-bond donors (Lipinski definition) is 2. The van der Waals surface area contributed by atoms with Gasteiger partial charge >= 0.3 is 6.03 Å². The number of rotatable bonds is 4. The Morgan fingerprint density at radius 2 is 1.91 bits per heavy atom. The highest BCUT2D eigenvalue weighted by Crippen LogP contribution is 2.39. The Morgan fingerprint density at radius 3 is 2.71 bits per heavy atom. The first kappa shape index (κ1) is 22.5. The van der Waals surface area contributed by atoms with Gasteiger partial charge in [0.15, 0.2) is 0 Å². The largest absolute Gasteiger partial charge is 0.384 e. The van der Waals surface area contributed by atoms with Gasteiger partial charge in [-0.05, 0) is 67.5 Å². The van der Waals surface area contributed by atoms with Crippen LogP contribution in [-0.2, 0) is 13.0 Å². The van der Waals surface area contributed by atoms with Gasteiger partial charge in [0.1, 0.15) is 17.2 Å². The van der Waals surface area contributed by atoms with E-state index >= 15 is 0 Å². The number of nitrogens with zero attached hydrogens (tertiary/aromatic N) is 3. The van der Waals surface area contributed by atoms with E-state index in [4.69, 9.17) is 0 Å². The summed E-state index contributed by atoms with van der Waals surface area (Å²) < 4.78 is 14.2. The van der Waals surface area contributed by atoms with Crippen LogP contribution < -0.4 is 15.5 Å². The smallest absolute Gasteiger partial charge is 0.350 e. The van der Waals surface area contributed by atoms with Crippen LogP contribution in [0.25, 0.3) is 0 Å². The highest BCUT2D eigenvalue weighted by atomic mass is 19.1. The Morgan fingerprint density at radius 1 is 1.09 bits per heavy atom. The van der Waals surface area contributed by atoms with E-state index in [0.717, 1.165) is 64.1 Å². The van der Waals surface area contributed by atoms with Crippen molar-refractivity contribution in [1.29, 1.82) is 0 Å². The SMILES string of the molecule is O=C1N=C(NC2CCCCC2)C2(CCN(Cc3ccc4c(c3)CCN4)CC2)N1c1cccc(F)c1. The van der Waals surface area contributed by atoms with Gasteiger partial charge in [-0.1, -0.05) is 37.5 Å². The van der Waals surface area contributed by atoms with Crippen LogP contribution in [0.2, 0.25) is 0 Å². The molecule has 3 heterocycles. The first-order valence-electron chi connectivity index (χ1n) is 13.1. The summed E-state index contributed by atoms with van der Waals surface area (Å²) in [6.45, 7) is 3.64. The lowest BCUT2D eigenvalue weighted by Crippen LogP contribution is -2.62. The van der Waals surface area contributed by atoms with Crippen LogP contribution in [0.1, 0.15) is 56.1 Å². The zero-order valence-corrected chi connectivity index (χ0v) is 20.2. The maximum Gasteiger partial charge on any atom is 0.350 e. The molecule has 2 amide bonds. The molecule has 2 N–H and O–H groups in total. The van der Waals surface area contributed by atoms with Crippen molar-refractivity contribution >= 4 is 23.2 Å². The predicted molar refractivity (Wildman–Crippen MR) is 138 cm³/mol. The monoisotopic (exact) mass is 475 g/mol. The third-order valence-corrected chi connectivity index (χ3v) is 8.25. The summed E-state index contributed by atoms with van der Waals surface area (Å²) in [6, 6.07) is 13.2. The molecule has 1 saturated heterocycles. The molecule has 4 aliphatic rings. The van der Waals surface area contributed by atoms with Crippen LogP contribution in [0, 0.1) is 5.82 Å². The van der Waals surface area contributed by atoms with Crippen molar-refractivity contribution < 1.29 is 9.18 Å². The standard InChI is InChI=1S/C28H34FN5O/c29-22-5-4-8-24(18-22)34-27(35)32-26(31-23-6-2-1-3-7-23)28(34)12-15-33(16-13-28)19-20-9-10-25-21(17-20)11-14-30-25/h4-5,8-10,17-18,23,30H,1-3,6-7,11-16,19H2,(H,31,32,35). The molecule has 0 aromatic heterocycles. The van der Waals surface area contributed by atoms with E-state index in [-0.39, 0.29) is 11.8 Å². The van der Waals surface area contributed by atoms with E-state index in [2.05, 4.69) is 38.7 Å². The third kappa shape index (κ3) is 4.31. The molecule has 0 unspecified atom stereocenters. The summed E-state index contributed by atoms with van der Waals surface area (Å²) in [5.41, 5.74) is 4.05. The van der Waals surface area contributed by atoms with Gasteiger partial charge in [0.2, 0.25) is 0 Å². The molecular weight excluding hydrogens is 441 g/mol. The fourth-order valence-corrected chi connectivity index (χ4v) is 6.37. The Bertz CT molecular complexity index is 1130. The summed E-state index contributed by atoms with van der Waals surface area (Å²) in [5.74, 6) is 0.463. The normalized spacial score (nSPS) is 22.3. The average Bonchev–Trinajstić information content (AvgIpc) is 3.43. The molecule has 2 aromatic rings. The van der Waals surface area contributed by atoms with Gasteiger partial charge in [-0.3, -0.25) is 9.80 Å². The van der Waals surface area contributed by atoms with Crippen LogP contribution in [0.5, 0.6) is 0 Å². The first-order valence-corrected chi connectivity index (χ1v) is 13.1. The van der Waals surface area contributed by atoms with E-state index < -0.39 is 5.54 Å². The number of nitrogens with one attached hydrogen (secondary N) is 2. The molecule has 184 valence electrons. The second kappa shape index (κ2) is 9.26. The first-order chi connectivity index (χ1) is 17.1. The molecule has 3 aliphatic heterocycles. The molecule has 0 atom stereocenters. The van der Waals surface area contributed by atoms with Gasteiger partial charge in [0.25, 0.3) is 0 Å². The lowest BCUT2D eigenvalue weighted by Gasteiger charge is -2.45. The lowest BCUT2D eigenvalue weighted by atomic mass is 9.83. The minimum Gasteiger partial charge on any atom is -0.384 e. The number of urea groups is 1. The van der Waals surface area contributed by atoms with Crippen LogP contribution in [-0.4, -0.2) is 48.0 Å². The molecule has 1 aliphatic carbocycles. The molecule has 7 heteroatoms. The summed E-state index contributed by atoms with van der Waals surface area (Å²) in [5, 5.41) is 7.12. The Balaban J connectivity index is 1.23. The third-order valence-electron chi connectivity index (χ3n) is 8.25. The second-order valence-electron chi connectivity index (χ2n) is 10.5. The number of piperidine rings is 1. The molecule has 1 spiro atoms. The van der Waals surface area contributed by atoms with Gasteiger partial charge in [-0.2, -0.15) is 4.99 Å². The maximum atomic E-state index is 14.2. The van der Waals surface area contributed by atoms with Crippen molar-refractivity contribution in [2.75, 3.05) is 29.9 Å². The number of benzene rings is 2. The molecule has 0 radical (unpaired) electrons. The Labute approximate surface area is 206 Å². The number of hydrogen-bond acceptors (Lipinski definition) is 4.